The predicted octanol–water partition coefficient (Wildman–Crippen LogP) is 4.59. The largest absolute Gasteiger partial charge is 0.455 e. The Bertz CT molecular complexity index is 585. The lowest BCUT2D eigenvalue weighted by Gasteiger charge is -2.09. The van der Waals surface area contributed by atoms with Gasteiger partial charge in [-0.05, 0) is 30.3 Å². The van der Waals surface area contributed by atoms with Gasteiger partial charge in [0, 0.05) is 10.6 Å². The smallest absolute Gasteiger partial charge is 0.146 e. The van der Waals surface area contributed by atoms with E-state index >= 15 is 0 Å². The normalized spacial score (nSPS) is 10.8. The first-order valence-electron chi connectivity index (χ1n) is 5.10. The van der Waals surface area contributed by atoms with E-state index in [0.717, 1.165) is 0 Å². The van der Waals surface area contributed by atoms with Gasteiger partial charge in [0.1, 0.15) is 11.5 Å². The Kier molecular flexibility index (Phi) is 4.07. The summed E-state index contributed by atoms with van der Waals surface area (Å²) in [7, 11) is 0. The standard InChI is InChI=1S/C13H9Cl2NO2/c14-10-5-6-13(11(15)7-10)18-12-4-2-1-3-9(12)8-16-17/h1-8,17H/b16-8+. The van der Waals surface area contributed by atoms with Gasteiger partial charge in [-0.25, -0.2) is 0 Å². The van der Waals surface area contributed by atoms with Crippen LogP contribution in [0.1, 0.15) is 5.56 Å². The van der Waals surface area contributed by atoms with E-state index in [1.54, 1.807) is 30.3 Å². The van der Waals surface area contributed by atoms with E-state index in [-0.39, 0.29) is 0 Å². The number of nitrogens with zero attached hydrogens (tertiary/aromatic N) is 1. The van der Waals surface area contributed by atoms with Crippen LogP contribution in [0.15, 0.2) is 47.6 Å². The topological polar surface area (TPSA) is 41.8 Å². The van der Waals surface area contributed by atoms with Crippen LogP contribution < -0.4 is 4.74 Å². The van der Waals surface area contributed by atoms with Gasteiger partial charge in [0.2, 0.25) is 0 Å². The Morgan fingerprint density at radius 1 is 1.06 bits per heavy atom. The summed E-state index contributed by atoms with van der Waals surface area (Å²) >= 11 is 11.8. The average Bonchev–Trinajstić information content (AvgIpc) is 2.35. The third kappa shape index (κ3) is 2.94. The SMILES string of the molecule is O/N=C/c1ccccc1Oc1ccc(Cl)cc1Cl. The Hall–Kier alpha value is -1.71. The summed E-state index contributed by atoms with van der Waals surface area (Å²) in [5, 5.41) is 12.5. The van der Waals surface area contributed by atoms with Gasteiger partial charge in [-0.2, -0.15) is 0 Å². The quantitative estimate of drug-likeness (QED) is 0.508. The van der Waals surface area contributed by atoms with Crippen LogP contribution in [0.2, 0.25) is 10.0 Å². The van der Waals surface area contributed by atoms with Crippen molar-refractivity contribution in [2.24, 2.45) is 5.16 Å². The summed E-state index contributed by atoms with van der Waals surface area (Å²) in [6.07, 6.45) is 1.29. The minimum Gasteiger partial charge on any atom is -0.455 e. The highest BCUT2D eigenvalue weighted by atomic mass is 35.5. The molecule has 0 saturated carbocycles. The van der Waals surface area contributed by atoms with Gasteiger partial charge >= 0.3 is 0 Å². The number of ether oxygens (including phenoxy) is 1. The molecule has 0 fully saturated rings. The minimum atomic E-state index is 0.415. The summed E-state index contributed by atoms with van der Waals surface area (Å²) in [6, 6.07) is 12.1. The molecule has 3 nitrogen and oxygen atoms in total. The zero-order chi connectivity index (χ0) is 13.0. The monoisotopic (exact) mass is 281 g/mol. The molecule has 18 heavy (non-hydrogen) atoms. The van der Waals surface area contributed by atoms with Crippen molar-refractivity contribution >= 4 is 29.4 Å². The summed E-state index contributed by atoms with van der Waals surface area (Å²) in [4.78, 5) is 0. The Morgan fingerprint density at radius 3 is 2.56 bits per heavy atom. The third-order valence-electron chi connectivity index (χ3n) is 2.23. The van der Waals surface area contributed by atoms with Crippen LogP contribution in [0.5, 0.6) is 11.5 Å². The van der Waals surface area contributed by atoms with Crippen molar-refractivity contribution in [3.05, 3.63) is 58.1 Å². The molecule has 0 unspecified atom stereocenters. The number of benzene rings is 2. The van der Waals surface area contributed by atoms with Crippen molar-refractivity contribution in [2.75, 3.05) is 0 Å². The molecule has 0 aliphatic carbocycles. The second kappa shape index (κ2) is 5.76. The Labute approximate surface area is 114 Å². The molecule has 0 aliphatic heterocycles. The van der Waals surface area contributed by atoms with Crippen LogP contribution in [-0.4, -0.2) is 11.4 Å². The number of oxime groups is 1. The molecule has 0 aromatic heterocycles. The molecule has 0 radical (unpaired) electrons. The van der Waals surface area contributed by atoms with Crippen LogP contribution in [0, 0.1) is 0 Å². The van der Waals surface area contributed by atoms with E-state index in [9.17, 15) is 0 Å². The van der Waals surface area contributed by atoms with Crippen LogP contribution in [0.3, 0.4) is 0 Å². The highest BCUT2D eigenvalue weighted by Crippen LogP contribution is 2.32. The van der Waals surface area contributed by atoms with Crippen molar-refractivity contribution < 1.29 is 9.94 Å². The average molecular weight is 282 g/mol. The van der Waals surface area contributed by atoms with Crippen molar-refractivity contribution in [1.82, 2.24) is 0 Å². The highest BCUT2D eigenvalue weighted by Gasteiger charge is 2.06. The number of halogens is 2. The molecule has 1 N–H and O–H groups in total. The minimum absolute atomic E-state index is 0.415. The van der Waals surface area contributed by atoms with Gasteiger partial charge in [-0.3, -0.25) is 0 Å². The van der Waals surface area contributed by atoms with Gasteiger partial charge in [0.05, 0.1) is 11.2 Å². The fraction of sp³-hybridized carbons (Fsp3) is 0. The van der Waals surface area contributed by atoms with E-state index in [2.05, 4.69) is 5.16 Å². The van der Waals surface area contributed by atoms with Gasteiger partial charge in [0.25, 0.3) is 0 Å². The van der Waals surface area contributed by atoms with Gasteiger partial charge in [-0.15, -0.1) is 0 Å². The van der Waals surface area contributed by atoms with Gasteiger partial charge in [-0.1, -0.05) is 40.5 Å². The van der Waals surface area contributed by atoms with Gasteiger partial charge in [0.15, 0.2) is 0 Å². The molecule has 0 heterocycles. The molecule has 2 aromatic carbocycles. The fourth-order valence-electron chi connectivity index (χ4n) is 1.42. The zero-order valence-electron chi connectivity index (χ0n) is 9.18. The van der Waals surface area contributed by atoms with E-state index in [1.165, 1.54) is 6.21 Å². The first-order valence-corrected chi connectivity index (χ1v) is 5.85. The van der Waals surface area contributed by atoms with Gasteiger partial charge < -0.3 is 9.94 Å². The highest BCUT2D eigenvalue weighted by molar-refractivity contribution is 6.35. The predicted molar refractivity (Wildman–Crippen MR) is 72.4 cm³/mol. The lowest BCUT2D eigenvalue weighted by atomic mass is 10.2. The van der Waals surface area contributed by atoms with E-state index < -0.39 is 0 Å². The first kappa shape index (κ1) is 12.7. The number of hydrogen-bond donors (Lipinski definition) is 1. The third-order valence-corrected chi connectivity index (χ3v) is 2.76. The van der Waals surface area contributed by atoms with E-state index in [0.29, 0.717) is 27.1 Å². The van der Waals surface area contributed by atoms with E-state index in [1.807, 2.05) is 12.1 Å². The lowest BCUT2D eigenvalue weighted by molar-refractivity contribution is 0.321. The molecule has 92 valence electrons. The van der Waals surface area contributed by atoms with Crippen molar-refractivity contribution in [2.45, 2.75) is 0 Å². The maximum absolute atomic E-state index is 8.57. The molecular weight excluding hydrogens is 273 g/mol. The number of hydrogen-bond acceptors (Lipinski definition) is 3. The Balaban J connectivity index is 2.34. The summed E-state index contributed by atoms with van der Waals surface area (Å²) < 4.78 is 5.65. The van der Waals surface area contributed by atoms with Crippen molar-refractivity contribution in [1.29, 1.82) is 0 Å². The molecule has 2 rings (SSSR count). The number of rotatable bonds is 3. The van der Waals surface area contributed by atoms with Crippen LogP contribution in [0.25, 0.3) is 0 Å². The van der Waals surface area contributed by atoms with Crippen LogP contribution in [0.4, 0.5) is 0 Å². The summed E-state index contributed by atoms with van der Waals surface area (Å²) in [6.45, 7) is 0. The maximum Gasteiger partial charge on any atom is 0.146 e. The molecule has 0 atom stereocenters. The first-order chi connectivity index (χ1) is 8.70. The molecule has 0 saturated heterocycles. The van der Waals surface area contributed by atoms with Crippen LogP contribution in [-0.2, 0) is 0 Å². The molecule has 0 aliphatic rings. The second-order valence-electron chi connectivity index (χ2n) is 3.46. The molecule has 2 aromatic rings. The molecular formula is C13H9Cl2NO2. The molecule has 0 spiro atoms. The molecule has 0 amide bonds. The summed E-state index contributed by atoms with van der Waals surface area (Å²) in [5.74, 6) is 1.03. The second-order valence-corrected chi connectivity index (χ2v) is 4.30. The Morgan fingerprint density at radius 2 is 1.83 bits per heavy atom. The lowest BCUT2D eigenvalue weighted by Crippen LogP contribution is -1.91. The molecule has 5 heteroatoms. The van der Waals surface area contributed by atoms with E-state index in [4.69, 9.17) is 33.1 Å². The van der Waals surface area contributed by atoms with Crippen LogP contribution >= 0.6 is 23.2 Å². The summed E-state index contributed by atoms with van der Waals surface area (Å²) in [5.41, 5.74) is 0.644. The van der Waals surface area contributed by atoms with Crippen molar-refractivity contribution in [3.63, 3.8) is 0 Å². The number of para-hydroxylation sites is 1. The molecule has 0 bridgehead atoms. The van der Waals surface area contributed by atoms with Crippen molar-refractivity contribution in [3.8, 4) is 11.5 Å². The zero-order valence-corrected chi connectivity index (χ0v) is 10.7. The fourth-order valence-corrected chi connectivity index (χ4v) is 1.87. The maximum atomic E-state index is 8.57.